The summed E-state index contributed by atoms with van der Waals surface area (Å²) >= 11 is 0. The normalized spacial score (nSPS) is 21.2. The van der Waals surface area contributed by atoms with Crippen LogP contribution in [0.15, 0.2) is 48.7 Å². The molecule has 5 heterocycles. The summed E-state index contributed by atoms with van der Waals surface area (Å²) < 4.78 is 22.5. The van der Waals surface area contributed by atoms with Gasteiger partial charge in [0.2, 0.25) is 5.91 Å². The molecule has 0 radical (unpaired) electrons. The van der Waals surface area contributed by atoms with Gasteiger partial charge in [0.15, 0.2) is 0 Å². The summed E-state index contributed by atoms with van der Waals surface area (Å²) in [6.45, 7) is 13.8. The number of carbonyl (C=O) groups excluding carboxylic acids is 3. The molecule has 2 saturated heterocycles. The van der Waals surface area contributed by atoms with Gasteiger partial charge in [0.25, 0.3) is 0 Å². The van der Waals surface area contributed by atoms with Crippen molar-refractivity contribution in [1.29, 1.82) is 0 Å². The predicted molar refractivity (Wildman–Crippen MR) is 224 cm³/mol. The van der Waals surface area contributed by atoms with Crippen LogP contribution in [0.5, 0.6) is 5.75 Å². The fraction of sp³-hybridized carbons (Fsp3) is 0.489. The van der Waals surface area contributed by atoms with E-state index in [1.54, 1.807) is 12.0 Å². The summed E-state index contributed by atoms with van der Waals surface area (Å²) in [6, 6.07) is 13.5. The molecule has 6 atom stereocenters. The minimum atomic E-state index is -0.693. The molecule has 14 nitrogen and oxygen atoms in total. The highest BCUT2D eigenvalue weighted by atomic mass is 16.6. The molecule has 3 aliphatic rings. The summed E-state index contributed by atoms with van der Waals surface area (Å²) in [5.74, 6) is 2.47. The molecule has 0 bridgehead atoms. The first-order valence-electron chi connectivity index (χ1n) is 20.7. The van der Waals surface area contributed by atoms with Gasteiger partial charge < -0.3 is 39.1 Å². The van der Waals surface area contributed by atoms with Crippen LogP contribution in [0.25, 0.3) is 44.2 Å². The van der Waals surface area contributed by atoms with Crippen molar-refractivity contribution in [3.8, 4) is 28.1 Å². The van der Waals surface area contributed by atoms with Crippen LogP contribution in [-0.2, 0) is 25.6 Å². The Labute approximate surface area is 344 Å². The molecule has 2 aromatic heterocycles. The maximum Gasteiger partial charge on any atom is 0.410 e. The molecule has 2 fully saturated rings. The van der Waals surface area contributed by atoms with E-state index in [1.165, 1.54) is 7.11 Å². The van der Waals surface area contributed by atoms with Crippen LogP contribution >= 0.6 is 0 Å². The number of carbonyl (C=O) groups is 3. The number of aromatic amines is 2. The van der Waals surface area contributed by atoms with Crippen molar-refractivity contribution in [3.63, 3.8) is 0 Å². The van der Waals surface area contributed by atoms with Crippen molar-refractivity contribution in [3.05, 3.63) is 65.9 Å². The molecule has 59 heavy (non-hydrogen) atoms. The van der Waals surface area contributed by atoms with E-state index < -0.39 is 17.7 Å². The average molecular weight is 806 g/mol. The molecule has 0 aliphatic carbocycles. The van der Waals surface area contributed by atoms with Crippen LogP contribution in [0.1, 0.15) is 90.1 Å². The smallest absolute Gasteiger partial charge is 0.410 e. The Morgan fingerprint density at radius 1 is 0.983 bits per heavy atom. The molecular formula is C45H55N7O7. The van der Waals surface area contributed by atoms with Crippen molar-refractivity contribution >= 4 is 39.9 Å². The number of aromatic nitrogens is 4. The third-order valence-corrected chi connectivity index (χ3v) is 12.1. The highest BCUT2D eigenvalue weighted by Crippen LogP contribution is 2.44. The number of imidazole rings is 2. The lowest BCUT2D eigenvalue weighted by molar-refractivity contribution is -0.135. The van der Waals surface area contributed by atoms with E-state index in [-0.39, 0.29) is 41.8 Å². The second kappa shape index (κ2) is 15.9. The second-order valence-corrected chi connectivity index (χ2v) is 17.5. The standard InChI is InChI=1S/C45H55N7O7/c1-9-25(3)38(50-43(54)57-8)42(53)51-20-24(2)14-35(51)40-46-19-34(48-40)28-10-12-30-29(16-28)23-58-37-18-31-27(17-32(30)37)11-13-33-39(31)49-41(47-33)36-15-26(22-56-7)21-52(36)44(55)59-45(4,5)6/h10-13,16-19,24-26,35-36,38H,9,14-15,20-23H2,1-8H3,(H,46,48)(H,47,49)(H,50,54)/t24-,25?,26-,35?,36-,38?/m0/s1. The number of fused-ring (bicyclic) bond motifs is 6. The molecule has 3 aliphatic heterocycles. The van der Waals surface area contributed by atoms with Crippen molar-refractivity contribution < 1.29 is 33.3 Å². The number of hydrogen-bond donors (Lipinski definition) is 3. The molecule has 3 unspecified atom stereocenters. The van der Waals surface area contributed by atoms with Gasteiger partial charge in [-0.2, -0.15) is 0 Å². The number of nitrogens with one attached hydrogen (secondary N) is 3. The maximum atomic E-state index is 13.9. The van der Waals surface area contributed by atoms with E-state index in [0.717, 1.165) is 86.4 Å². The number of ether oxygens (including phenoxy) is 4. The van der Waals surface area contributed by atoms with Gasteiger partial charge in [-0.1, -0.05) is 45.4 Å². The third kappa shape index (κ3) is 7.82. The van der Waals surface area contributed by atoms with Crippen molar-refractivity contribution in [2.75, 3.05) is 33.9 Å². The monoisotopic (exact) mass is 805 g/mol. The number of rotatable bonds is 9. The zero-order valence-corrected chi connectivity index (χ0v) is 35.2. The summed E-state index contributed by atoms with van der Waals surface area (Å²) in [4.78, 5) is 60.0. The Morgan fingerprint density at radius 2 is 1.78 bits per heavy atom. The first-order chi connectivity index (χ1) is 28.2. The van der Waals surface area contributed by atoms with Gasteiger partial charge in [-0.15, -0.1) is 0 Å². The topological polar surface area (TPSA) is 164 Å². The lowest BCUT2D eigenvalue weighted by atomic mass is 9.92. The summed E-state index contributed by atoms with van der Waals surface area (Å²) in [5, 5.41) is 4.77. The molecule has 14 heteroatoms. The second-order valence-electron chi connectivity index (χ2n) is 17.5. The van der Waals surface area contributed by atoms with Crippen LogP contribution in [0.4, 0.5) is 9.59 Å². The quantitative estimate of drug-likeness (QED) is 0.133. The summed E-state index contributed by atoms with van der Waals surface area (Å²) in [7, 11) is 2.99. The minimum Gasteiger partial charge on any atom is -0.488 e. The lowest BCUT2D eigenvalue weighted by Crippen LogP contribution is -2.51. The molecule has 3 aromatic carbocycles. The summed E-state index contributed by atoms with van der Waals surface area (Å²) in [5.41, 5.74) is 6.07. The number of alkyl carbamates (subject to hydrolysis) is 1. The number of benzene rings is 3. The van der Waals surface area contributed by atoms with Crippen molar-refractivity contribution in [1.82, 2.24) is 35.1 Å². The first-order valence-corrected chi connectivity index (χ1v) is 20.7. The Bertz CT molecular complexity index is 2400. The Kier molecular flexibility index (Phi) is 10.8. The lowest BCUT2D eigenvalue weighted by Gasteiger charge is -2.30. The average Bonchev–Trinajstić information content (AvgIpc) is 4.03. The van der Waals surface area contributed by atoms with E-state index >= 15 is 0 Å². The number of nitrogens with zero attached hydrogens (tertiary/aromatic N) is 4. The van der Waals surface area contributed by atoms with Gasteiger partial charge in [0.05, 0.1) is 48.7 Å². The Morgan fingerprint density at radius 3 is 2.53 bits per heavy atom. The summed E-state index contributed by atoms with van der Waals surface area (Å²) in [6.07, 6.45) is 3.06. The van der Waals surface area contributed by atoms with E-state index in [0.29, 0.717) is 26.3 Å². The van der Waals surface area contributed by atoms with Gasteiger partial charge in [-0.3, -0.25) is 9.69 Å². The number of likely N-dealkylation sites (tertiary alicyclic amines) is 2. The van der Waals surface area contributed by atoms with Gasteiger partial charge >= 0.3 is 12.2 Å². The van der Waals surface area contributed by atoms with Gasteiger partial charge in [-0.25, -0.2) is 19.6 Å². The highest BCUT2D eigenvalue weighted by molar-refractivity contribution is 6.07. The maximum absolute atomic E-state index is 13.9. The zero-order valence-electron chi connectivity index (χ0n) is 35.2. The SMILES string of the molecule is CCC(C)C(NC(=O)OC)C(=O)N1C[C@@H](C)CC1c1ncc(-c2ccc3c(c2)COc2cc4c(ccc5[nH]c([C@@H]6C[C@H](COC)CN6C(=O)OC(C)(C)C)nc54)cc2-3)[nH]1. The van der Waals surface area contributed by atoms with E-state index in [1.807, 2.05) is 51.8 Å². The number of methoxy groups -OCH3 is 2. The van der Waals surface area contributed by atoms with Gasteiger partial charge in [0, 0.05) is 37.1 Å². The van der Waals surface area contributed by atoms with Crippen LogP contribution < -0.4 is 10.1 Å². The van der Waals surface area contributed by atoms with E-state index in [2.05, 4.69) is 58.6 Å². The van der Waals surface area contributed by atoms with Crippen LogP contribution in [0.2, 0.25) is 0 Å². The van der Waals surface area contributed by atoms with E-state index in [9.17, 15) is 14.4 Å². The van der Waals surface area contributed by atoms with Crippen molar-refractivity contribution in [2.45, 2.75) is 91.1 Å². The molecule has 5 aromatic rings. The third-order valence-electron chi connectivity index (χ3n) is 12.1. The molecule has 8 rings (SSSR count). The number of hydrogen-bond acceptors (Lipinski definition) is 9. The fourth-order valence-electron chi connectivity index (χ4n) is 8.94. The van der Waals surface area contributed by atoms with Crippen LogP contribution in [-0.4, -0.2) is 93.4 Å². The highest BCUT2D eigenvalue weighted by Gasteiger charge is 2.42. The molecule has 0 saturated carbocycles. The Hall–Kier alpha value is -5.63. The largest absolute Gasteiger partial charge is 0.488 e. The number of amides is 3. The Balaban J connectivity index is 1.05. The van der Waals surface area contributed by atoms with Crippen molar-refractivity contribution in [2.24, 2.45) is 17.8 Å². The zero-order chi connectivity index (χ0) is 41.7. The molecule has 312 valence electrons. The predicted octanol–water partition coefficient (Wildman–Crippen LogP) is 8.29. The molecule has 3 amide bonds. The minimum absolute atomic E-state index is 0.0690. The number of H-pyrrole nitrogens is 2. The fourth-order valence-corrected chi connectivity index (χ4v) is 8.94. The molecular weight excluding hydrogens is 751 g/mol. The van der Waals surface area contributed by atoms with Gasteiger partial charge in [0.1, 0.15) is 35.6 Å². The van der Waals surface area contributed by atoms with Crippen LogP contribution in [0.3, 0.4) is 0 Å². The first kappa shape index (κ1) is 40.2. The van der Waals surface area contributed by atoms with E-state index in [4.69, 9.17) is 28.9 Å². The molecule has 0 spiro atoms. The van der Waals surface area contributed by atoms with Crippen LogP contribution in [0, 0.1) is 17.8 Å². The molecule has 3 N–H and O–H groups in total. The van der Waals surface area contributed by atoms with Gasteiger partial charge in [-0.05, 0) is 91.8 Å².